The van der Waals surface area contributed by atoms with Crippen LogP contribution >= 0.6 is 0 Å². The van der Waals surface area contributed by atoms with Crippen LogP contribution in [0.1, 0.15) is 33.1 Å². The van der Waals surface area contributed by atoms with E-state index in [-0.39, 0.29) is 11.8 Å². The van der Waals surface area contributed by atoms with Crippen LogP contribution in [0.4, 0.5) is 0 Å². The van der Waals surface area contributed by atoms with Crippen LogP contribution in [0.5, 0.6) is 0 Å². The molecule has 1 aliphatic heterocycles. The molecular weight excluding hydrogens is 364 g/mol. The number of rotatable bonds is 3. The van der Waals surface area contributed by atoms with Gasteiger partial charge in [-0.25, -0.2) is 0 Å². The van der Waals surface area contributed by atoms with Gasteiger partial charge in [-0.05, 0) is 34.9 Å². The maximum Gasteiger partial charge on any atom is 0.276 e. The third-order valence-corrected chi connectivity index (χ3v) is 5.39. The summed E-state index contributed by atoms with van der Waals surface area (Å²) < 4.78 is 7.42. The van der Waals surface area contributed by atoms with E-state index in [1.807, 2.05) is 47.0 Å². The SMILES string of the molecule is Cn1ccc(C2CN(C(=O)c3cc(-c4ccccn4)on3)Cc3ccccc32)c1. The Kier molecular flexibility index (Phi) is 4.24. The van der Waals surface area contributed by atoms with E-state index >= 15 is 0 Å². The Morgan fingerprint density at radius 2 is 2.00 bits per heavy atom. The van der Waals surface area contributed by atoms with Crippen LogP contribution < -0.4 is 0 Å². The number of carbonyl (C=O) groups excluding carboxylic acids is 1. The lowest BCUT2D eigenvalue weighted by atomic mass is 9.85. The number of amides is 1. The van der Waals surface area contributed by atoms with E-state index in [0.29, 0.717) is 30.2 Å². The summed E-state index contributed by atoms with van der Waals surface area (Å²) in [5.41, 5.74) is 4.60. The molecule has 1 unspecified atom stereocenters. The molecule has 0 fully saturated rings. The Morgan fingerprint density at radius 3 is 2.79 bits per heavy atom. The van der Waals surface area contributed by atoms with Crippen LogP contribution in [-0.2, 0) is 13.6 Å². The summed E-state index contributed by atoms with van der Waals surface area (Å²) in [6.45, 7) is 1.16. The van der Waals surface area contributed by atoms with Gasteiger partial charge < -0.3 is 14.0 Å². The molecule has 0 saturated carbocycles. The molecule has 29 heavy (non-hydrogen) atoms. The average Bonchev–Trinajstić information content (AvgIpc) is 3.42. The lowest BCUT2D eigenvalue weighted by molar-refractivity contribution is 0.0714. The number of carbonyl (C=O) groups is 1. The molecule has 0 spiro atoms. The van der Waals surface area contributed by atoms with Crippen molar-refractivity contribution in [3.05, 3.63) is 95.6 Å². The maximum absolute atomic E-state index is 13.2. The van der Waals surface area contributed by atoms with Gasteiger partial charge in [0.15, 0.2) is 11.5 Å². The lowest BCUT2D eigenvalue weighted by Gasteiger charge is -2.34. The van der Waals surface area contributed by atoms with Gasteiger partial charge in [-0.2, -0.15) is 0 Å². The topological polar surface area (TPSA) is 64.2 Å². The predicted molar refractivity (Wildman–Crippen MR) is 108 cm³/mol. The molecule has 0 N–H and O–H groups in total. The normalized spacial score (nSPS) is 15.9. The minimum atomic E-state index is -0.133. The minimum absolute atomic E-state index is 0.132. The number of hydrogen-bond donors (Lipinski definition) is 0. The van der Waals surface area contributed by atoms with E-state index in [1.165, 1.54) is 11.1 Å². The second-order valence-corrected chi connectivity index (χ2v) is 7.34. The maximum atomic E-state index is 13.2. The second kappa shape index (κ2) is 7.05. The van der Waals surface area contributed by atoms with E-state index in [2.05, 4.69) is 40.6 Å². The first-order valence-corrected chi connectivity index (χ1v) is 9.56. The van der Waals surface area contributed by atoms with Crippen LogP contribution in [0.25, 0.3) is 11.5 Å². The number of benzene rings is 1. The molecule has 1 atom stereocenters. The molecule has 0 radical (unpaired) electrons. The van der Waals surface area contributed by atoms with Crippen LogP contribution in [0.2, 0.25) is 0 Å². The zero-order valence-electron chi connectivity index (χ0n) is 16.0. The monoisotopic (exact) mass is 384 g/mol. The van der Waals surface area contributed by atoms with Crippen molar-refractivity contribution in [1.82, 2.24) is 19.6 Å². The summed E-state index contributed by atoms with van der Waals surface area (Å²) in [4.78, 5) is 19.3. The van der Waals surface area contributed by atoms with Crippen molar-refractivity contribution in [2.75, 3.05) is 6.54 Å². The number of nitrogens with zero attached hydrogens (tertiary/aromatic N) is 4. The molecule has 1 amide bonds. The van der Waals surface area contributed by atoms with Crippen LogP contribution in [-0.4, -0.2) is 32.1 Å². The molecule has 4 heterocycles. The van der Waals surface area contributed by atoms with E-state index in [4.69, 9.17) is 4.52 Å². The molecule has 5 rings (SSSR count). The summed E-state index contributed by atoms with van der Waals surface area (Å²) in [5, 5.41) is 4.02. The largest absolute Gasteiger partial charge is 0.357 e. The van der Waals surface area contributed by atoms with Crippen molar-refractivity contribution in [2.24, 2.45) is 7.05 Å². The van der Waals surface area contributed by atoms with Gasteiger partial charge in [-0.15, -0.1) is 0 Å². The molecule has 6 nitrogen and oxygen atoms in total. The Morgan fingerprint density at radius 1 is 1.14 bits per heavy atom. The lowest BCUT2D eigenvalue weighted by Crippen LogP contribution is -2.38. The first kappa shape index (κ1) is 17.4. The van der Waals surface area contributed by atoms with Crippen LogP contribution in [0.15, 0.2) is 77.7 Å². The zero-order valence-corrected chi connectivity index (χ0v) is 16.0. The first-order chi connectivity index (χ1) is 14.2. The van der Waals surface area contributed by atoms with E-state index in [1.54, 1.807) is 12.3 Å². The van der Waals surface area contributed by atoms with Gasteiger partial charge in [0.25, 0.3) is 5.91 Å². The number of fused-ring (bicyclic) bond motifs is 1. The number of aromatic nitrogens is 3. The van der Waals surface area contributed by atoms with Crippen molar-refractivity contribution >= 4 is 5.91 Å². The van der Waals surface area contributed by atoms with E-state index in [9.17, 15) is 4.79 Å². The third-order valence-electron chi connectivity index (χ3n) is 5.39. The Balaban J connectivity index is 1.46. The first-order valence-electron chi connectivity index (χ1n) is 9.56. The molecule has 3 aromatic heterocycles. The Labute approximate surface area is 168 Å². The van der Waals surface area contributed by atoms with Gasteiger partial charge in [-0.1, -0.05) is 35.5 Å². The fourth-order valence-electron chi connectivity index (χ4n) is 3.94. The van der Waals surface area contributed by atoms with Crippen molar-refractivity contribution < 1.29 is 9.32 Å². The smallest absolute Gasteiger partial charge is 0.276 e. The highest BCUT2D eigenvalue weighted by Crippen LogP contribution is 2.34. The molecular formula is C23H20N4O2. The quantitative estimate of drug-likeness (QED) is 0.538. The van der Waals surface area contributed by atoms with Gasteiger partial charge in [0, 0.05) is 50.7 Å². The standard InChI is InChI=1S/C23H20N4O2/c1-26-11-9-17(13-26)19-15-27(14-16-6-2-3-7-18(16)19)23(28)21-12-22(29-25-21)20-8-4-5-10-24-20/h2-13,19H,14-15H2,1H3. The zero-order chi connectivity index (χ0) is 19.8. The molecule has 1 aliphatic rings. The van der Waals surface area contributed by atoms with Crippen LogP contribution in [0, 0.1) is 0 Å². The Bertz CT molecular complexity index is 1160. The third kappa shape index (κ3) is 3.23. The molecule has 0 bridgehead atoms. The summed E-state index contributed by atoms with van der Waals surface area (Å²) in [6.07, 6.45) is 5.84. The highest BCUT2D eigenvalue weighted by molar-refractivity contribution is 5.93. The minimum Gasteiger partial charge on any atom is -0.357 e. The number of hydrogen-bond acceptors (Lipinski definition) is 4. The number of aryl methyl sites for hydroxylation is 1. The average molecular weight is 384 g/mol. The molecule has 144 valence electrons. The van der Waals surface area contributed by atoms with Crippen molar-refractivity contribution in [3.8, 4) is 11.5 Å². The summed E-state index contributed by atoms with van der Waals surface area (Å²) in [5.74, 6) is 0.490. The van der Waals surface area contributed by atoms with Crippen LogP contribution in [0.3, 0.4) is 0 Å². The Hall–Kier alpha value is -3.67. The molecule has 0 aliphatic carbocycles. The summed E-state index contributed by atoms with van der Waals surface area (Å²) in [7, 11) is 2.01. The summed E-state index contributed by atoms with van der Waals surface area (Å²) in [6, 6.07) is 17.6. The van der Waals surface area contributed by atoms with Gasteiger partial charge in [-0.3, -0.25) is 9.78 Å². The summed E-state index contributed by atoms with van der Waals surface area (Å²) >= 11 is 0. The van der Waals surface area contributed by atoms with E-state index in [0.717, 1.165) is 5.56 Å². The molecule has 1 aromatic carbocycles. The fraction of sp³-hybridized carbons (Fsp3) is 0.174. The van der Waals surface area contributed by atoms with Gasteiger partial charge in [0.05, 0.1) is 0 Å². The van der Waals surface area contributed by atoms with Crippen molar-refractivity contribution in [2.45, 2.75) is 12.5 Å². The van der Waals surface area contributed by atoms with Crippen molar-refractivity contribution in [3.63, 3.8) is 0 Å². The fourth-order valence-corrected chi connectivity index (χ4v) is 3.94. The second-order valence-electron chi connectivity index (χ2n) is 7.34. The van der Waals surface area contributed by atoms with Crippen molar-refractivity contribution in [1.29, 1.82) is 0 Å². The highest BCUT2D eigenvalue weighted by atomic mass is 16.5. The van der Waals surface area contributed by atoms with E-state index < -0.39 is 0 Å². The molecule has 6 heteroatoms. The number of pyridine rings is 1. The molecule has 4 aromatic rings. The molecule has 0 saturated heterocycles. The van der Waals surface area contributed by atoms with Gasteiger partial charge in [0.2, 0.25) is 0 Å². The highest BCUT2D eigenvalue weighted by Gasteiger charge is 2.31. The van der Waals surface area contributed by atoms with Gasteiger partial charge >= 0.3 is 0 Å². The predicted octanol–water partition coefficient (Wildman–Crippen LogP) is 3.86. The van der Waals surface area contributed by atoms with Gasteiger partial charge in [0.1, 0.15) is 5.69 Å².